The Morgan fingerprint density at radius 1 is 1.13 bits per heavy atom. The minimum Gasteiger partial charge on any atom is -0.346 e. The largest absolute Gasteiger partial charge is 0.401 e. The number of ether oxygens (including phenoxy) is 2. The van der Waals surface area contributed by atoms with Crippen LogP contribution in [0.2, 0.25) is 0 Å². The van der Waals surface area contributed by atoms with Gasteiger partial charge in [-0.2, -0.15) is 0 Å². The highest BCUT2D eigenvalue weighted by Gasteiger charge is 2.39. The third kappa shape index (κ3) is 4.01. The lowest BCUT2D eigenvalue weighted by Gasteiger charge is -2.19. The molecule has 0 rings (SSSR count). The van der Waals surface area contributed by atoms with Crippen LogP contribution in [-0.4, -0.2) is 39.2 Å². The molecule has 0 aromatic rings. The molecule has 0 spiro atoms. The van der Waals surface area contributed by atoms with Gasteiger partial charge in [-0.25, -0.2) is 0 Å². The lowest BCUT2D eigenvalue weighted by Crippen LogP contribution is -2.28. The molecule has 0 aromatic heterocycles. The van der Waals surface area contributed by atoms with Gasteiger partial charge < -0.3 is 18.5 Å². The maximum atomic E-state index is 11.7. The summed E-state index contributed by atoms with van der Waals surface area (Å²) in [5.41, 5.74) is -0.823. The third-order valence-corrected chi connectivity index (χ3v) is 3.30. The van der Waals surface area contributed by atoms with E-state index in [0.717, 1.165) is 14.2 Å². The molecule has 0 radical (unpaired) electrons. The topological polar surface area (TPSA) is 71.1 Å². The van der Waals surface area contributed by atoms with Gasteiger partial charge in [-0.3, -0.25) is 9.36 Å². The average Bonchev–Trinajstić information content (AvgIpc) is 2.26. The Bertz CT molecular complexity index is 227. The molecule has 15 heavy (non-hydrogen) atoms. The van der Waals surface area contributed by atoms with Gasteiger partial charge in [-0.15, -0.1) is 0 Å². The lowest BCUT2D eigenvalue weighted by atomic mass is 10.7. The van der Waals surface area contributed by atoms with Gasteiger partial charge in [0.2, 0.25) is 6.29 Å². The van der Waals surface area contributed by atoms with E-state index < -0.39 is 19.4 Å². The zero-order chi connectivity index (χ0) is 11.9. The molecule has 0 amide bonds. The van der Waals surface area contributed by atoms with Crippen molar-refractivity contribution in [1.82, 2.24) is 0 Å². The fraction of sp³-hybridized carbons (Fsp3) is 0.875. The van der Waals surface area contributed by atoms with E-state index in [1.807, 2.05) is 0 Å². The summed E-state index contributed by atoms with van der Waals surface area (Å²) in [5, 5.41) is 0. The predicted molar refractivity (Wildman–Crippen MR) is 53.7 cm³/mol. The highest BCUT2D eigenvalue weighted by Crippen LogP contribution is 2.48. The molecule has 0 aliphatic rings. The van der Waals surface area contributed by atoms with Crippen LogP contribution in [0.3, 0.4) is 0 Å². The number of carbonyl (C=O) groups is 1. The molecule has 0 unspecified atom stereocenters. The van der Waals surface area contributed by atoms with Crippen molar-refractivity contribution in [3.8, 4) is 0 Å². The van der Waals surface area contributed by atoms with E-state index in [0.29, 0.717) is 0 Å². The first-order valence-electron chi connectivity index (χ1n) is 4.54. The molecule has 0 heterocycles. The van der Waals surface area contributed by atoms with Crippen LogP contribution in [-0.2, 0) is 27.9 Å². The molecule has 7 heteroatoms. The van der Waals surface area contributed by atoms with E-state index in [1.54, 1.807) is 13.8 Å². The summed E-state index contributed by atoms with van der Waals surface area (Å²) in [6, 6.07) is 0. The van der Waals surface area contributed by atoms with Crippen molar-refractivity contribution in [2.45, 2.75) is 20.1 Å². The molecule has 0 saturated carbocycles. The Labute approximate surface area is 89.4 Å². The van der Waals surface area contributed by atoms with Gasteiger partial charge in [0, 0.05) is 27.4 Å². The Hall–Kier alpha value is -0.260. The molecule has 0 aliphatic heterocycles. The molecule has 0 bridgehead atoms. The maximum Gasteiger partial charge on any atom is 0.401 e. The third-order valence-electron chi connectivity index (χ3n) is 1.59. The Morgan fingerprint density at radius 3 is 1.80 bits per heavy atom. The highest BCUT2D eigenvalue weighted by molar-refractivity contribution is 7.72. The maximum absolute atomic E-state index is 11.7. The molecule has 90 valence electrons. The van der Waals surface area contributed by atoms with Gasteiger partial charge in [0.05, 0.1) is 0 Å². The molecular weight excluding hydrogens is 223 g/mol. The molecule has 0 aliphatic carbocycles. The zero-order valence-electron chi connectivity index (χ0n) is 9.39. The Kier molecular flexibility index (Phi) is 6.96. The van der Waals surface area contributed by atoms with Crippen LogP contribution in [0.4, 0.5) is 0 Å². The van der Waals surface area contributed by atoms with E-state index in [1.165, 1.54) is 0 Å². The summed E-state index contributed by atoms with van der Waals surface area (Å²) in [5.74, 6) is 0. The van der Waals surface area contributed by atoms with Crippen LogP contribution in [0.15, 0.2) is 0 Å². The molecule has 6 nitrogen and oxygen atoms in total. The quantitative estimate of drug-likeness (QED) is 0.471. The van der Waals surface area contributed by atoms with Crippen molar-refractivity contribution in [1.29, 1.82) is 0 Å². The van der Waals surface area contributed by atoms with Crippen molar-refractivity contribution in [2.24, 2.45) is 0 Å². The van der Waals surface area contributed by atoms with E-state index in [9.17, 15) is 9.36 Å². The van der Waals surface area contributed by atoms with Gasteiger partial charge >= 0.3 is 7.60 Å². The molecular formula is C8H17O6P. The molecule has 0 atom stereocenters. The standard InChI is InChI=1S/C8H17O6P/c1-5-13-8(14-6-2)7(9)15(10,11-3)12-4/h8H,5-6H2,1-4H3. The average molecular weight is 240 g/mol. The number of hydrogen-bond acceptors (Lipinski definition) is 6. The van der Waals surface area contributed by atoms with Crippen LogP contribution in [0.5, 0.6) is 0 Å². The summed E-state index contributed by atoms with van der Waals surface area (Å²) in [6.07, 6.45) is -1.20. The SMILES string of the molecule is CCOC(OCC)C(=O)P(=O)(OC)OC. The highest BCUT2D eigenvalue weighted by atomic mass is 31.2. The summed E-state index contributed by atoms with van der Waals surface area (Å²) in [7, 11) is -1.50. The van der Waals surface area contributed by atoms with Crippen molar-refractivity contribution in [2.75, 3.05) is 27.4 Å². The first-order chi connectivity index (χ1) is 7.05. The number of rotatable bonds is 8. The smallest absolute Gasteiger partial charge is 0.346 e. The van der Waals surface area contributed by atoms with Crippen LogP contribution >= 0.6 is 7.60 Å². The van der Waals surface area contributed by atoms with Gasteiger partial charge in [-0.05, 0) is 13.8 Å². The fourth-order valence-corrected chi connectivity index (χ4v) is 1.79. The summed E-state index contributed by atoms with van der Waals surface area (Å²) >= 11 is 0. The second-order valence-electron chi connectivity index (χ2n) is 2.44. The fourth-order valence-electron chi connectivity index (χ4n) is 0.877. The van der Waals surface area contributed by atoms with Gasteiger partial charge in [-0.1, -0.05) is 0 Å². The van der Waals surface area contributed by atoms with Crippen molar-refractivity contribution in [3.05, 3.63) is 0 Å². The molecule has 0 N–H and O–H groups in total. The van der Waals surface area contributed by atoms with Crippen LogP contribution in [0.1, 0.15) is 13.8 Å². The van der Waals surface area contributed by atoms with Crippen LogP contribution in [0.25, 0.3) is 0 Å². The minimum atomic E-state index is -3.78. The van der Waals surface area contributed by atoms with E-state index >= 15 is 0 Å². The van der Waals surface area contributed by atoms with Crippen LogP contribution in [0, 0.1) is 0 Å². The summed E-state index contributed by atoms with van der Waals surface area (Å²) in [6.45, 7) is 3.93. The van der Waals surface area contributed by atoms with Crippen molar-refractivity contribution in [3.63, 3.8) is 0 Å². The molecule has 0 fully saturated rings. The second-order valence-corrected chi connectivity index (χ2v) is 4.61. The first-order valence-corrected chi connectivity index (χ1v) is 6.09. The monoisotopic (exact) mass is 240 g/mol. The van der Waals surface area contributed by atoms with Crippen molar-refractivity contribution >= 4 is 13.1 Å². The van der Waals surface area contributed by atoms with E-state index in [-0.39, 0.29) is 13.2 Å². The normalized spacial score (nSPS) is 12.1. The van der Waals surface area contributed by atoms with Gasteiger partial charge in [0.15, 0.2) is 0 Å². The molecule has 0 saturated heterocycles. The van der Waals surface area contributed by atoms with Crippen molar-refractivity contribution < 1.29 is 27.9 Å². The number of carbonyl (C=O) groups excluding carboxylic acids is 1. The van der Waals surface area contributed by atoms with Crippen LogP contribution < -0.4 is 0 Å². The zero-order valence-corrected chi connectivity index (χ0v) is 10.3. The summed E-state index contributed by atoms with van der Waals surface area (Å²) < 4.78 is 30.8. The van der Waals surface area contributed by atoms with E-state index in [4.69, 9.17) is 9.47 Å². The lowest BCUT2D eigenvalue weighted by molar-refractivity contribution is -0.161. The second kappa shape index (κ2) is 7.09. The van der Waals surface area contributed by atoms with Gasteiger partial charge in [0.25, 0.3) is 5.52 Å². The summed E-state index contributed by atoms with van der Waals surface area (Å²) in [4.78, 5) is 11.6. The van der Waals surface area contributed by atoms with E-state index in [2.05, 4.69) is 9.05 Å². The molecule has 0 aromatic carbocycles. The first kappa shape index (κ1) is 14.7. The van der Waals surface area contributed by atoms with Gasteiger partial charge in [0.1, 0.15) is 0 Å². The Morgan fingerprint density at radius 2 is 1.53 bits per heavy atom. The predicted octanol–water partition coefficient (Wildman–Crippen LogP) is 1.40. The Balaban J connectivity index is 4.67. The number of hydrogen-bond donors (Lipinski definition) is 0. The minimum absolute atomic E-state index is 0.268.